The van der Waals surface area contributed by atoms with Crippen molar-refractivity contribution in [2.75, 3.05) is 17.2 Å². The lowest BCUT2D eigenvalue weighted by molar-refractivity contribution is -0.123. The van der Waals surface area contributed by atoms with E-state index in [2.05, 4.69) is 26.3 Å². The summed E-state index contributed by atoms with van der Waals surface area (Å²) >= 11 is 0. The van der Waals surface area contributed by atoms with E-state index in [4.69, 9.17) is 5.73 Å². The number of amides is 2. The molecule has 0 saturated carbocycles. The molecule has 2 aromatic heterocycles. The molecule has 0 spiro atoms. The molecule has 3 aliphatic heterocycles. The third kappa shape index (κ3) is 2.91. The molecule has 0 atom stereocenters. The van der Waals surface area contributed by atoms with E-state index in [1.807, 2.05) is 18.3 Å². The highest BCUT2D eigenvalue weighted by atomic mass is 35.5. The van der Waals surface area contributed by atoms with Gasteiger partial charge in [0.25, 0.3) is 11.8 Å². The van der Waals surface area contributed by atoms with Crippen LogP contribution in [0, 0.1) is 0 Å². The fourth-order valence-corrected chi connectivity index (χ4v) is 4.43. The monoisotopic (exact) mass is 468 g/mol. The zero-order valence-electron chi connectivity index (χ0n) is 16.6. The first-order valence-electron chi connectivity index (χ1n) is 9.59. The van der Waals surface area contributed by atoms with Gasteiger partial charge in [-0.15, -0.1) is 24.8 Å². The van der Waals surface area contributed by atoms with Crippen molar-refractivity contribution in [2.24, 2.45) is 4.99 Å². The van der Waals surface area contributed by atoms with Crippen LogP contribution in [-0.4, -0.2) is 33.5 Å². The van der Waals surface area contributed by atoms with Gasteiger partial charge in [0.15, 0.2) is 5.65 Å². The second-order valence-corrected chi connectivity index (χ2v) is 7.37. The standard InChI is InChI=1S/C22H16N6O2.2ClH/c23-14-5-2-8-28-15(11-25-20(14)28)16-17(22(30)26-21(16)29)18-13-4-1-3-12-6-9-27(19(12)13)10-7-24-18;;/h1-5,7-8,10-11H,6,9,23H2,(H,26,29,30);2*1H. The van der Waals surface area contributed by atoms with Gasteiger partial charge >= 0.3 is 0 Å². The predicted molar refractivity (Wildman–Crippen MR) is 127 cm³/mol. The van der Waals surface area contributed by atoms with Crippen molar-refractivity contribution in [3.8, 4) is 0 Å². The number of imidazole rings is 1. The Morgan fingerprint density at radius 2 is 1.84 bits per heavy atom. The van der Waals surface area contributed by atoms with E-state index < -0.39 is 11.8 Å². The average molecular weight is 469 g/mol. The van der Waals surface area contributed by atoms with Crippen molar-refractivity contribution in [3.05, 3.63) is 77.5 Å². The molecule has 162 valence electrons. The Labute approximate surface area is 195 Å². The number of nitrogens with two attached hydrogens (primary N) is 1. The lowest BCUT2D eigenvalue weighted by Crippen LogP contribution is -2.25. The molecule has 3 aliphatic rings. The number of carbonyl (C=O) groups is 2. The number of nitrogen functional groups attached to an aromatic ring is 1. The van der Waals surface area contributed by atoms with E-state index in [0.29, 0.717) is 22.7 Å². The van der Waals surface area contributed by atoms with Crippen LogP contribution in [0.3, 0.4) is 0 Å². The number of para-hydroxylation sites is 1. The first-order valence-corrected chi connectivity index (χ1v) is 9.59. The van der Waals surface area contributed by atoms with E-state index in [0.717, 1.165) is 24.2 Å². The van der Waals surface area contributed by atoms with E-state index in [-0.39, 0.29) is 36.0 Å². The van der Waals surface area contributed by atoms with Crippen LogP contribution in [0.5, 0.6) is 0 Å². The van der Waals surface area contributed by atoms with Gasteiger partial charge in [0, 0.05) is 30.7 Å². The quantitative estimate of drug-likeness (QED) is 0.562. The van der Waals surface area contributed by atoms with Crippen LogP contribution in [0.15, 0.2) is 65.7 Å². The first kappa shape index (κ1) is 21.6. The first-order chi connectivity index (χ1) is 14.6. The molecule has 6 rings (SSSR count). The molecule has 2 amide bonds. The smallest absolute Gasteiger partial charge is 0.261 e. The van der Waals surface area contributed by atoms with Gasteiger partial charge in [-0.3, -0.25) is 24.3 Å². The number of aromatic nitrogens is 2. The van der Waals surface area contributed by atoms with Gasteiger partial charge in [-0.05, 0) is 24.1 Å². The van der Waals surface area contributed by atoms with Crippen molar-refractivity contribution in [2.45, 2.75) is 6.42 Å². The number of imide groups is 1. The summed E-state index contributed by atoms with van der Waals surface area (Å²) in [6.45, 7) is 0.856. The SMILES string of the molecule is Cl.Cl.Nc1cccn2c(C3=C(C4=NC=CN5CCc6cccc4c65)C(=O)NC3=O)cnc12. The third-order valence-corrected chi connectivity index (χ3v) is 5.72. The Kier molecular flexibility index (Phi) is 5.28. The van der Waals surface area contributed by atoms with Crippen LogP contribution < -0.4 is 16.0 Å². The highest BCUT2D eigenvalue weighted by molar-refractivity contribution is 6.47. The number of nitrogens with one attached hydrogen (secondary N) is 1. The van der Waals surface area contributed by atoms with Gasteiger partial charge in [0.2, 0.25) is 0 Å². The highest BCUT2D eigenvalue weighted by Crippen LogP contribution is 2.37. The number of rotatable bonds is 2. The fraction of sp³-hybridized carbons (Fsp3) is 0.0909. The maximum atomic E-state index is 12.9. The van der Waals surface area contributed by atoms with E-state index in [9.17, 15) is 9.59 Å². The predicted octanol–water partition coefficient (Wildman–Crippen LogP) is 2.51. The topological polar surface area (TPSA) is 105 Å². The molecule has 0 aliphatic carbocycles. The maximum absolute atomic E-state index is 12.9. The zero-order chi connectivity index (χ0) is 20.4. The molecular weight excluding hydrogens is 451 g/mol. The molecule has 32 heavy (non-hydrogen) atoms. The normalized spacial score (nSPS) is 16.4. The van der Waals surface area contributed by atoms with Crippen LogP contribution in [-0.2, 0) is 16.0 Å². The van der Waals surface area contributed by atoms with Gasteiger partial charge in [-0.1, -0.05) is 18.2 Å². The summed E-state index contributed by atoms with van der Waals surface area (Å²) in [5.74, 6) is -0.940. The number of benzene rings is 1. The molecule has 1 aromatic carbocycles. The summed E-state index contributed by atoms with van der Waals surface area (Å²) in [6.07, 6.45) is 7.84. The number of nitrogens with zero attached hydrogens (tertiary/aromatic N) is 4. The summed E-state index contributed by atoms with van der Waals surface area (Å²) in [6, 6.07) is 9.50. The molecule has 8 nitrogen and oxygen atoms in total. The molecule has 5 heterocycles. The molecule has 0 unspecified atom stereocenters. The highest BCUT2D eigenvalue weighted by Gasteiger charge is 2.38. The average Bonchev–Trinajstić information content (AvgIpc) is 3.38. The lowest BCUT2D eigenvalue weighted by atomic mass is 9.94. The maximum Gasteiger partial charge on any atom is 0.261 e. The molecule has 0 radical (unpaired) electrons. The zero-order valence-corrected chi connectivity index (χ0v) is 18.2. The number of carbonyl (C=O) groups excluding carboxylic acids is 2. The van der Waals surface area contributed by atoms with Crippen molar-refractivity contribution >= 4 is 64.9 Å². The number of halogens is 2. The number of aliphatic imine (C=N–C) groups is 1. The van der Waals surface area contributed by atoms with Crippen molar-refractivity contribution in [3.63, 3.8) is 0 Å². The van der Waals surface area contributed by atoms with Gasteiger partial charge in [-0.2, -0.15) is 0 Å². The second kappa shape index (κ2) is 7.81. The Hall–Kier alpha value is -3.62. The number of fused-ring (bicyclic) bond motifs is 1. The Balaban J connectivity index is 0.00000122. The van der Waals surface area contributed by atoms with Gasteiger partial charge in [-0.25, -0.2) is 4.98 Å². The van der Waals surface area contributed by atoms with E-state index >= 15 is 0 Å². The van der Waals surface area contributed by atoms with E-state index in [1.165, 1.54) is 5.56 Å². The second-order valence-electron chi connectivity index (χ2n) is 7.37. The van der Waals surface area contributed by atoms with Crippen LogP contribution in [0.1, 0.15) is 16.8 Å². The summed E-state index contributed by atoms with van der Waals surface area (Å²) in [5.41, 5.74) is 11.6. The van der Waals surface area contributed by atoms with Crippen molar-refractivity contribution in [1.82, 2.24) is 14.7 Å². The molecule has 10 heteroatoms. The minimum Gasteiger partial charge on any atom is -0.396 e. The molecule has 3 aromatic rings. The molecule has 3 N–H and O–H groups in total. The van der Waals surface area contributed by atoms with Crippen LogP contribution in [0.25, 0.3) is 11.2 Å². The van der Waals surface area contributed by atoms with Crippen LogP contribution in [0.4, 0.5) is 11.4 Å². The Morgan fingerprint density at radius 1 is 1.03 bits per heavy atom. The van der Waals surface area contributed by atoms with Gasteiger partial charge < -0.3 is 10.6 Å². The minimum atomic E-state index is -0.473. The number of hydrogen-bond donors (Lipinski definition) is 2. The molecular formula is C22H18Cl2N6O2. The summed E-state index contributed by atoms with van der Waals surface area (Å²) in [7, 11) is 0. The van der Waals surface area contributed by atoms with E-state index in [1.54, 1.807) is 35.1 Å². The molecule has 0 saturated heterocycles. The minimum absolute atomic E-state index is 0. The van der Waals surface area contributed by atoms with Crippen molar-refractivity contribution in [1.29, 1.82) is 0 Å². The fourth-order valence-electron chi connectivity index (χ4n) is 4.43. The Bertz CT molecular complexity index is 1390. The molecule has 0 bridgehead atoms. The summed E-state index contributed by atoms with van der Waals surface area (Å²) in [5, 5.41) is 2.43. The number of anilines is 2. The summed E-state index contributed by atoms with van der Waals surface area (Å²) in [4.78, 5) is 36.9. The van der Waals surface area contributed by atoms with Gasteiger partial charge in [0.05, 0.1) is 40.1 Å². The third-order valence-electron chi connectivity index (χ3n) is 5.72. The molecule has 0 fully saturated rings. The Morgan fingerprint density at radius 3 is 2.69 bits per heavy atom. The van der Waals surface area contributed by atoms with Gasteiger partial charge in [0.1, 0.15) is 0 Å². The van der Waals surface area contributed by atoms with Crippen LogP contribution >= 0.6 is 24.8 Å². The van der Waals surface area contributed by atoms with Crippen LogP contribution in [0.2, 0.25) is 0 Å². The summed E-state index contributed by atoms with van der Waals surface area (Å²) < 4.78 is 1.72. The number of pyridine rings is 1. The number of hydrogen-bond acceptors (Lipinski definition) is 6. The van der Waals surface area contributed by atoms with Crippen molar-refractivity contribution < 1.29 is 9.59 Å². The lowest BCUT2D eigenvalue weighted by Gasteiger charge is -2.17. The largest absolute Gasteiger partial charge is 0.396 e.